The Kier molecular flexibility index (Phi) is 5.83. The second-order valence-electron chi connectivity index (χ2n) is 6.81. The van der Waals surface area contributed by atoms with Crippen molar-refractivity contribution in [2.45, 2.75) is 0 Å². The molecule has 0 aliphatic rings. The molecule has 32 heavy (non-hydrogen) atoms. The van der Waals surface area contributed by atoms with Gasteiger partial charge < -0.3 is 13.9 Å². The molecule has 0 spiro atoms. The second-order valence-corrected chi connectivity index (χ2v) is 7.24. The van der Waals surface area contributed by atoms with Crippen LogP contribution in [0.5, 0.6) is 11.5 Å². The third-order valence-corrected chi connectivity index (χ3v) is 5.09. The number of nitrogens with one attached hydrogen (secondary N) is 1. The van der Waals surface area contributed by atoms with Gasteiger partial charge in [-0.15, -0.1) is 0 Å². The molecule has 4 aromatic rings. The molecule has 0 atom stereocenters. The predicted octanol–water partition coefficient (Wildman–Crippen LogP) is 5.52. The summed E-state index contributed by atoms with van der Waals surface area (Å²) in [6.07, 6.45) is 0. The van der Waals surface area contributed by atoms with Crippen LogP contribution in [-0.2, 0) is 0 Å². The number of halogens is 2. The van der Waals surface area contributed by atoms with Gasteiger partial charge in [-0.3, -0.25) is 14.9 Å². The van der Waals surface area contributed by atoms with Crippen LogP contribution >= 0.6 is 11.6 Å². The SMILES string of the molecule is COc1ccc(-c2c(NC(=O)c3ccc(F)cc3)oc3ccc(Cl)cc3c2=O)cc1OC. The molecule has 0 unspecified atom stereocenters. The summed E-state index contributed by atoms with van der Waals surface area (Å²) < 4.78 is 29.7. The molecule has 0 aliphatic carbocycles. The molecular formula is C24H17ClFNO5. The molecular weight excluding hydrogens is 437 g/mol. The average molecular weight is 454 g/mol. The molecule has 0 saturated heterocycles. The molecule has 1 amide bonds. The van der Waals surface area contributed by atoms with Crippen LogP contribution in [0, 0.1) is 5.82 Å². The van der Waals surface area contributed by atoms with Crippen molar-refractivity contribution in [3.63, 3.8) is 0 Å². The van der Waals surface area contributed by atoms with E-state index in [1.54, 1.807) is 30.3 Å². The van der Waals surface area contributed by atoms with Crippen molar-refractivity contribution in [1.29, 1.82) is 0 Å². The molecule has 4 rings (SSSR count). The van der Waals surface area contributed by atoms with Gasteiger partial charge in [0.15, 0.2) is 11.5 Å². The summed E-state index contributed by atoms with van der Waals surface area (Å²) in [5.74, 6) is -0.232. The molecule has 6 nitrogen and oxygen atoms in total. The number of fused-ring (bicyclic) bond motifs is 1. The fraction of sp³-hybridized carbons (Fsp3) is 0.0833. The number of anilines is 1. The first-order valence-electron chi connectivity index (χ1n) is 9.47. The van der Waals surface area contributed by atoms with Crippen molar-refractivity contribution in [3.8, 4) is 22.6 Å². The fourth-order valence-corrected chi connectivity index (χ4v) is 3.46. The number of ether oxygens (including phenoxy) is 2. The van der Waals surface area contributed by atoms with Crippen LogP contribution in [0.2, 0.25) is 5.02 Å². The van der Waals surface area contributed by atoms with Crippen LogP contribution < -0.4 is 20.2 Å². The highest BCUT2D eigenvalue weighted by Crippen LogP contribution is 2.35. The lowest BCUT2D eigenvalue weighted by molar-refractivity contribution is 0.102. The Morgan fingerprint density at radius 1 is 0.969 bits per heavy atom. The summed E-state index contributed by atoms with van der Waals surface area (Å²) in [6.45, 7) is 0. The van der Waals surface area contributed by atoms with Gasteiger partial charge in [0.05, 0.1) is 25.2 Å². The predicted molar refractivity (Wildman–Crippen MR) is 120 cm³/mol. The molecule has 0 fully saturated rings. The Labute approximate surface area is 187 Å². The van der Waals surface area contributed by atoms with Crippen molar-refractivity contribution in [2.75, 3.05) is 19.5 Å². The number of methoxy groups -OCH3 is 2. The van der Waals surface area contributed by atoms with E-state index in [9.17, 15) is 14.0 Å². The zero-order chi connectivity index (χ0) is 22.8. The number of rotatable bonds is 5. The van der Waals surface area contributed by atoms with Crippen LogP contribution in [0.1, 0.15) is 10.4 Å². The smallest absolute Gasteiger partial charge is 0.257 e. The Morgan fingerprint density at radius 3 is 2.38 bits per heavy atom. The van der Waals surface area contributed by atoms with E-state index in [0.29, 0.717) is 22.1 Å². The van der Waals surface area contributed by atoms with Crippen molar-refractivity contribution in [2.24, 2.45) is 0 Å². The van der Waals surface area contributed by atoms with Gasteiger partial charge in [-0.1, -0.05) is 17.7 Å². The Balaban J connectivity index is 1.91. The quantitative estimate of drug-likeness (QED) is 0.430. The van der Waals surface area contributed by atoms with E-state index in [0.717, 1.165) is 0 Å². The van der Waals surface area contributed by atoms with E-state index in [-0.39, 0.29) is 28.0 Å². The second kappa shape index (κ2) is 8.72. The molecule has 0 saturated carbocycles. The van der Waals surface area contributed by atoms with Gasteiger partial charge >= 0.3 is 0 Å². The standard InChI is InChI=1S/C24H17ClFNO5/c1-30-19-9-5-14(11-20(19)31-2)21-22(28)17-12-15(25)6-10-18(17)32-24(21)27-23(29)13-3-7-16(26)8-4-13/h3-12H,1-2H3,(H,27,29). The number of hydrogen-bond donors (Lipinski definition) is 1. The van der Waals surface area contributed by atoms with E-state index in [1.807, 2.05) is 0 Å². The minimum atomic E-state index is -0.566. The van der Waals surface area contributed by atoms with E-state index in [4.69, 9.17) is 25.5 Å². The number of carbonyl (C=O) groups excluding carboxylic acids is 1. The maximum absolute atomic E-state index is 13.4. The normalized spacial score (nSPS) is 10.8. The van der Waals surface area contributed by atoms with E-state index in [1.165, 1.54) is 44.6 Å². The summed E-state index contributed by atoms with van der Waals surface area (Å²) in [7, 11) is 2.97. The van der Waals surface area contributed by atoms with Crippen molar-refractivity contribution >= 4 is 34.4 Å². The molecule has 3 aromatic carbocycles. The summed E-state index contributed by atoms with van der Waals surface area (Å²) in [6, 6.07) is 14.5. The lowest BCUT2D eigenvalue weighted by Gasteiger charge is -2.13. The van der Waals surface area contributed by atoms with Crippen LogP contribution in [-0.4, -0.2) is 20.1 Å². The van der Waals surface area contributed by atoms with Crippen LogP contribution in [0.4, 0.5) is 10.3 Å². The van der Waals surface area contributed by atoms with Gasteiger partial charge in [0, 0.05) is 10.6 Å². The Hall–Kier alpha value is -3.84. The van der Waals surface area contributed by atoms with Crippen molar-refractivity contribution in [1.82, 2.24) is 0 Å². The molecule has 0 bridgehead atoms. The third-order valence-electron chi connectivity index (χ3n) is 4.86. The molecule has 1 aromatic heterocycles. The van der Waals surface area contributed by atoms with E-state index >= 15 is 0 Å². The summed E-state index contributed by atoms with van der Waals surface area (Å²) in [5.41, 5.74) is 0.598. The van der Waals surface area contributed by atoms with Crippen molar-refractivity contribution < 1.29 is 23.1 Å². The van der Waals surface area contributed by atoms with Gasteiger partial charge in [-0.25, -0.2) is 4.39 Å². The lowest BCUT2D eigenvalue weighted by Crippen LogP contribution is -2.16. The summed E-state index contributed by atoms with van der Waals surface area (Å²) >= 11 is 6.08. The molecule has 1 N–H and O–H groups in total. The van der Waals surface area contributed by atoms with Gasteiger partial charge in [0.1, 0.15) is 11.4 Å². The highest BCUT2D eigenvalue weighted by atomic mass is 35.5. The van der Waals surface area contributed by atoms with Gasteiger partial charge in [0.2, 0.25) is 11.3 Å². The fourth-order valence-electron chi connectivity index (χ4n) is 3.29. The monoisotopic (exact) mass is 453 g/mol. The average Bonchev–Trinajstić information content (AvgIpc) is 2.80. The summed E-state index contributed by atoms with van der Waals surface area (Å²) in [4.78, 5) is 26.2. The number of hydrogen-bond acceptors (Lipinski definition) is 5. The first-order chi connectivity index (χ1) is 15.4. The molecule has 162 valence electrons. The topological polar surface area (TPSA) is 77.8 Å². The Morgan fingerprint density at radius 2 is 1.69 bits per heavy atom. The highest BCUT2D eigenvalue weighted by molar-refractivity contribution is 6.31. The van der Waals surface area contributed by atoms with Gasteiger partial charge in [0.25, 0.3) is 5.91 Å². The molecule has 0 radical (unpaired) electrons. The zero-order valence-corrected chi connectivity index (χ0v) is 17.8. The van der Waals surface area contributed by atoms with E-state index < -0.39 is 17.2 Å². The molecule has 8 heteroatoms. The van der Waals surface area contributed by atoms with Crippen LogP contribution in [0.3, 0.4) is 0 Å². The maximum Gasteiger partial charge on any atom is 0.257 e. The van der Waals surface area contributed by atoms with Crippen molar-refractivity contribution in [3.05, 3.63) is 87.3 Å². The lowest BCUT2D eigenvalue weighted by atomic mass is 10.0. The number of carbonyl (C=O) groups is 1. The van der Waals surface area contributed by atoms with E-state index in [2.05, 4.69) is 5.32 Å². The highest BCUT2D eigenvalue weighted by Gasteiger charge is 2.21. The largest absolute Gasteiger partial charge is 0.493 e. The summed E-state index contributed by atoms with van der Waals surface area (Å²) in [5, 5.41) is 3.24. The third kappa shape index (κ3) is 4.02. The first-order valence-corrected chi connectivity index (χ1v) is 9.84. The number of amides is 1. The Bertz CT molecular complexity index is 1380. The minimum Gasteiger partial charge on any atom is -0.493 e. The first kappa shape index (κ1) is 21.4. The van der Waals surface area contributed by atoms with Gasteiger partial charge in [-0.05, 0) is 60.2 Å². The molecule has 1 heterocycles. The van der Waals surface area contributed by atoms with Crippen LogP contribution in [0.25, 0.3) is 22.1 Å². The zero-order valence-electron chi connectivity index (χ0n) is 17.1. The minimum absolute atomic E-state index is 0.0635. The van der Waals surface area contributed by atoms with Crippen LogP contribution in [0.15, 0.2) is 69.9 Å². The maximum atomic E-state index is 13.4. The molecule has 0 aliphatic heterocycles. The number of benzene rings is 3. The van der Waals surface area contributed by atoms with Gasteiger partial charge in [-0.2, -0.15) is 0 Å².